The first-order chi connectivity index (χ1) is 8.86. The summed E-state index contributed by atoms with van der Waals surface area (Å²) in [6, 6.07) is 0. The Balaban J connectivity index is 0.00000324. The lowest BCUT2D eigenvalue weighted by molar-refractivity contribution is 0.105. The zero-order chi connectivity index (χ0) is 13.1. The van der Waals surface area contributed by atoms with E-state index in [4.69, 9.17) is 9.47 Å². The van der Waals surface area contributed by atoms with E-state index < -0.39 is 0 Å². The standard InChI is InChI=1S/C13H27N3O2.HI/c1-3-14-13(15-8-5-10-17-2)16-9-7-12-6-4-11-18-12;/h12H,3-11H2,1-2H3,(H2,14,15,16);1H. The molecule has 0 aromatic rings. The number of hydrogen-bond acceptors (Lipinski definition) is 3. The first-order valence-corrected chi connectivity index (χ1v) is 6.99. The van der Waals surface area contributed by atoms with Crippen LogP contribution in [0.5, 0.6) is 0 Å². The molecule has 114 valence electrons. The van der Waals surface area contributed by atoms with Gasteiger partial charge in [0.1, 0.15) is 0 Å². The van der Waals surface area contributed by atoms with Gasteiger partial charge in [-0.25, -0.2) is 0 Å². The van der Waals surface area contributed by atoms with Gasteiger partial charge in [0, 0.05) is 40.0 Å². The van der Waals surface area contributed by atoms with E-state index in [1.807, 2.05) is 0 Å². The molecule has 1 fully saturated rings. The minimum absolute atomic E-state index is 0. The number of methoxy groups -OCH3 is 1. The summed E-state index contributed by atoms with van der Waals surface area (Å²) in [5.41, 5.74) is 0. The molecule has 0 amide bonds. The largest absolute Gasteiger partial charge is 0.385 e. The Bertz CT molecular complexity index is 234. The highest BCUT2D eigenvalue weighted by Gasteiger charge is 2.14. The lowest BCUT2D eigenvalue weighted by Crippen LogP contribution is -2.38. The molecule has 5 nitrogen and oxygen atoms in total. The van der Waals surface area contributed by atoms with Gasteiger partial charge in [-0.1, -0.05) is 0 Å². The van der Waals surface area contributed by atoms with E-state index >= 15 is 0 Å². The fourth-order valence-corrected chi connectivity index (χ4v) is 1.97. The predicted octanol–water partition coefficient (Wildman–Crippen LogP) is 1.77. The minimum Gasteiger partial charge on any atom is -0.385 e. The van der Waals surface area contributed by atoms with Crippen LogP contribution in [0, 0.1) is 0 Å². The molecule has 1 aliphatic heterocycles. The number of rotatable bonds is 8. The molecule has 6 heteroatoms. The molecule has 1 saturated heterocycles. The molecule has 0 saturated carbocycles. The topological polar surface area (TPSA) is 54.9 Å². The normalized spacial score (nSPS) is 19.1. The number of aliphatic imine (C=N–C) groups is 1. The van der Waals surface area contributed by atoms with E-state index in [1.54, 1.807) is 7.11 Å². The molecule has 0 radical (unpaired) electrons. The second-order valence-electron chi connectivity index (χ2n) is 4.46. The molecule has 1 rings (SSSR count). The number of nitrogens with zero attached hydrogens (tertiary/aromatic N) is 1. The number of guanidine groups is 1. The third kappa shape index (κ3) is 9.45. The van der Waals surface area contributed by atoms with Crippen molar-refractivity contribution >= 4 is 29.9 Å². The van der Waals surface area contributed by atoms with Crippen molar-refractivity contribution in [2.24, 2.45) is 4.99 Å². The van der Waals surface area contributed by atoms with E-state index in [1.165, 1.54) is 12.8 Å². The Labute approximate surface area is 133 Å². The van der Waals surface area contributed by atoms with Crippen LogP contribution in [0.3, 0.4) is 0 Å². The monoisotopic (exact) mass is 385 g/mol. The molecule has 19 heavy (non-hydrogen) atoms. The maximum absolute atomic E-state index is 5.59. The SMILES string of the molecule is CCNC(=NCCCOC)NCCC1CCCO1.I. The van der Waals surface area contributed by atoms with E-state index in [2.05, 4.69) is 22.5 Å². The summed E-state index contributed by atoms with van der Waals surface area (Å²) in [6.07, 6.45) is 4.86. The third-order valence-corrected chi connectivity index (χ3v) is 2.90. The first-order valence-electron chi connectivity index (χ1n) is 6.99. The van der Waals surface area contributed by atoms with E-state index in [0.717, 1.165) is 51.6 Å². The van der Waals surface area contributed by atoms with Gasteiger partial charge in [0.25, 0.3) is 0 Å². The van der Waals surface area contributed by atoms with E-state index in [-0.39, 0.29) is 24.0 Å². The third-order valence-electron chi connectivity index (χ3n) is 2.90. The maximum Gasteiger partial charge on any atom is 0.191 e. The number of nitrogens with one attached hydrogen (secondary N) is 2. The van der Waals surface area contributed by atoms with Gasteiger partial charge >= 0.3 is 0 Å². The fraction of sp³-hybridized carbons (Fsp3) is 0.923. The van der Waals surface area contributed by atoms with Crippen LogP contribution in [0.25, 0.3) is 0 Å². The van der Waals surface area contributed by atoms with Gasteiger partial charge in [-0.05, 0) is 32.6 Å². The lowest BCUT2D eigenvalue weighted by Gasteiger charge is -2.13. The Kier molecular flexibility index (Phi) is 12.9. The van der Waals surface area contributed by atoms with Gasteiger partial charge in [-0.15, -0.1) is 24.0 Å². The number of hydrogen-bond donors (Lipinski definition) is 2. The lowest BCUT2D eigenvalue weighted by atomic mass is 10.2. The maximum atomic E-state index is 5.59. The van der Waals surface area contributed by atoms with E-state index in [0.29, 0.717) is 6.10 Å². The van der Waals surface area contributed by atoms with Gasteiger partial charge in [-0.3, -0.25) is 4.99 Å². The van der Waals surface area contributed by atoms with Crippen molar-refractivity contribution in [3.05, 3.63) is 0 Å². The molecule has 0 aliphatic carbocycles. The summed E-state index contributed by atoms with van der Waals surface area (Å²) >= 11 is 0. The Morgan fingerprint density at radius 2 is 2.26 bits per heavy atom. The minimum atomic E-state index is 0. The quantitative estimate of drug-likeness (QED) is 0.290. The van der Waals surface area contributed by atoms with Crippen LogP contribution < -0.4 is 10.6 Å². The van der Waals surface area contributed by atoms with Crippen LogP contribution in [0.4, 0.5) is 0 Å². The van der Waals surface area contributed by atoms with Gasteiger partial charge in [0.15, 0.2) is 5.96 Å². The first kappa shape index (κ1) is 18.9. The second-order valence-corrected chi connectivity index (χ2v) is 4.46. The molecule has 0 bridgehead atoms. The van der Waals surface area contributed by atoms with Crippen molar-refractivity contribution < 1.29 is 9.47 Å². The van der Waals surface area contributed by atoms with Crippen LogP contribution >= 0.6 is 24.0 Å². The van der Waals surface area contributed by atoms with Crippen molar-refractivity contribution in [3.8, 4) is 0 Å². The summed E-state index contributed by atoms with van der Waals surface area (Å²) in [7, 11) is 1.72. The van der Waals surface area contributed by atoms with Gasteiger partial charge < -0.3 is 20.1 Å². The summed E-state index contributed by atoms with van der Waals surface area (Å²) < 4.78 is 10.6. The summed E-state index contributed by atoms with van der Waals surface area (Å²) in [4.78, 5) is 4.49. The van der Waals surface area contributed by atoms with Crippen LogP contribution in [-0.4, -0.2) is 52.0 Å². The molecule has 0 aromatic heterocycles. The Morgan fingerprint density at radius 3 is 2.89 bits per heavy atom. The number of ether oxygens (including phenoxy) is 2. The van der Waals surface area contributed by atoms with Crippen molar-refractivity contribution in [2.75, 3.05) is 40.0 Å². The average Bonchev–Trinajstić information content (AvgIpc) is 2.87. The van der Waals surface area contributed by atoms with Crippen molar-refractivity contribution in [3.63, 3.8) is 0 Å². The average molecular weight is 385 g/mol. The molecule has 2 N–H and O–H groups in total. The van der Waals surface area contributed by atoms with Gasteiger partial charge in [0.2, 0.25) is 0 Å². The number of halogens is 1. The molecule has 1 heterocycles. The molecule has 1 aliphatic rings. The second kappa shape index (κ2) is 12.9. The molecule has 1 atom stereocenters. The summed E-state index contributed by atoms with van der Waals surface area (Å²) in [6.45, 7) is 6.36. The smallest absolute Gasteiger partial charge is 0.191 e. The van der Waals surface area contributed by atoms with Crippen LogP contribution in [-0.2, 0) is 9.47 Å². The highest BCUT2D eigenvalue weighted by atomic mass is 127. The van der Waals surface area contributed by atoms with Gasteiger partial charge in [-0.2, -0.15) is 0 Å². The Morgan fingerprint density at radius 1 is 1.42 bits per heavy atom. The highest BCUT2D eigenvalue weighted by molar-refractivity contribution is 14.0. The highest BCUT2D eigenvalue weighted by Crippen LogP contribution is 2.14. The van der Waals surface area contributed by atoms with Crippen molar-refractivity contribution in [1.82, 2.24) is 10.6 Å². The zero-order valence-corrected chi connectivity index (χ0v) is 14.4. The van der Waals surface area contributed by atoms with Crippen LogP contribution in [0.1, 0.15) is 32.6 Å². The van der Waals surface area contributed by atoms with Crippen LogP contribution in [0.15, 0.2) is 4.99 Å². The summed E-state index contributed by atoms with van der Waals surface area (Å²) in [5.74, 6) is 0.895. The predicted molar refractivity (Wildman–Crippen MR) is 89.5 cm³/mol. The van der Waals surface area contributed by atoms with Gasteiger partial charge in [0.05, 0.1) is 6.10 Å². The molecule has 0 spiro atoms. The molecular formula is C13H28IN3O2. The van der Waals surface area contributed by atoms with Crippen LogP contribution in [0.2, 0.25) is 0 Å². The Hall–Kier alpha value is -0.0800. The molecule has 1 unspecified atom stereocenters. The molecule has 0 aromatic carbocycles. The van der Waals surface area contributed by atoms with Crippen molar-refractivity contribution in [2.45, 2.75) is 38.7 Å². The molecular weight excluding hydrogens is 357 g/mol. The fourth-order valence-electron chi connectivity index (χ4n) is 1.97. The van der Waals surface area contributed by atoms with Crippen molar-refractivity contribution in [1.29, 1.82) is 0 Å². The van der Waals surface area contributed by atoms with E-state index in [9.17, 15) is 0 Å². The zero-order valence-electron chi connectivity index (χ0n) is 12.1. The summed E-state index contributed by atoms with van der Waals surface area (Å²) in [5, 5.41) is 6.58.